The summed E-state index contributed by atoms with van der Waals surface area (Å²) in [4.78, 5) is 14.2. The van der Waals surface area contributed by atoms with Gasteiger partial charge in [-0.15, -0.1) is 0 Å². The minimum atomic E-state index is -4.33. The van der Waals surface area contributed by atoms with E-state index in [4.69, 9.17) is 4.74 Å². The molecule has 0 aliphatic carbocycles. The van der Waals surface area contributed by atoms with Crippen molar-refractivity contribution in [2.24, 2.45) is 0 Å². The largest absolute Gasteiger partial charge is 0.465 e. The lowest BCUT2D eigenvalue weighted by Gasteiger charge is -2.40. The Kier molecular flexibility index (Phi) is 6.26. The van der Waals surface area contributed by atoms with Crippen LogP contribution in [0.4, 0.5) is 13.2 Å². The lowest BCUT2D eigenvalue weighted by molar-refractivity contribution is -0.158. The quantitative estimate of drug-likeness (QED) is 0.761. The molecule has 1 aliphatic heterocycles. The first-order chi connectivity index (χ1) is 9.33. The van der Waals surface area contributed by atoms with Crippen molar-refractivity contribution < 1.29 is 22.7 Å². The summed E-state index contributed by atoms with van der Waals surface area (Å²) in [5, 5.41) is 2.40. The molecule has 0 aromatic rings. The highest BCUT2D eigenvalue weighted by Gasteiger charge is 2.44. The van der Waals surface area contributed by atoms with Crippen LogP contribution in [0, 0.1) is 0 Å². The third-order valence-corrected chi connectivity index (χ3v) is 3.54. The van der Waals surface area contributed by atoms with Gasteiger partial charge in [-0.05, 0) is 32.7 Å². The molecule has 20 heavy (non-hydrogen) atoms. The molecule has 7 heteroatoms. The van der Waals surface area contributed by atoms with Gasteiger partial charge in [0.25, 0.3) is 0 Å². The number of carbonyl (C=O) groups excluding carboxylic acids is 1. The van der Waals surface area contributed by atoms with Gasteiger partial charge >= 0.3 is 12.1 Å². The molecule has 0 spiro atoms. The van der Waals surface area contributed by atoms with E-state index in [0.717, 1.165) is 13.0 Å². The van der Waals surface area contributed by atoms with Crippen LogP contribution in [0.2, 0.25) is 0 Å². The smallest absolute Gasteiger partial charge is 0.401 e. The molecule has 1 fully saturated rings. The second-order valence-corrected chi connectivity index (χ2v) is 5.11. The van der Waals surface area contributed by atoms with Crippen molar-refractivity contribution in [3.8, 4) is 0 Å². The van der Waals surface area contributed by atoms with E-state index in [0.29, 0.717) is 25.9 Å². The normalized spacial score (nSPS) is 19.9. The van der Waals surface area contributed by atoms with Gasteiger partial charge in [0.05, 0.1) is 13.2 Å². The van der Waals surface area contributed by atoms with E-state index in [1.54, 1.807) is 6.92 Å². The maximum absolute atomic E-state index is 12.4. The van der Waals surface area contributed by atoms with E-state index in [1.165, 1.54) is 0 Å². The first kappa shape index (κ1) is 17.2. The van der Waals surface area contributed by atoms with E-state index in [-0.39, 0.29) is 6.61 Å². The number of likely N-dealkylation sites (tertiary alicyclic amines) is 1. The third kappa shape index (κ3) is 4.94. The molecular weight excluding hydrogens is 273 g/mol. The summed E-state index contributed by atoms with van der Waals surface area (Å²) in [6.07, 6.45) is -2.65. The number of hydrogen-bond acceptors (Lipinski definition) is 4. The van der Waals surface area contributed by atoms with Gasteiger partial charge in [-0.25, -0.2) is 0 Å². The molecule has 0 bridgehead atoms. The Morgan fingerprint density at radius 1 is 1.30 bits per heavy atom. The van der Waals surface area contributed by atoms with Crippen molar-refractivity contribution in [1.29, 1.82) is 0 Å². The molecule has 118 valence electrons. The average molecular weight is 296 g/mol. The highest BCUT2D eigenvalue weighted by atomic mass is 19.4. The first-order valence-electron chi connectivity index (χ1n) is 7.04. The SMILES string of the molecule is CCCN1CCC(NCC(F)(F)F)(C(=O)OCC)CC1. The minimum Gasteiger partial charge on any atom is -0.465 e. The average Bonchev–Trinajstić information content (AvgIpc) is 2.38. The Labute approximate surface area is 117 Å². The minimum absolute atomic E-state index is 0.174. The molecule has 0 amide bonds. The lowest BCUT2D eigenvalue weighted by atomic mass is 9.87. The Morgan fingerprint density at radius 3 is 2.35 bits per heavy atom. The molecule has 0 saturated carbocycles. The summed E-state index contributed by atoms with van der Waals surface area (Å²) >= 11 is 0. The number of piperidine rings is 1. The molecule has 1 N–H and O–H groups in total. The van der Waals surface area contributed by atoms with Gasteiger partial charge < -0.3 is 9.64 Å². The van der Waals surface area contributed by atoms with Crippen LogP contribution in [0.25, 0.3) is 0 Å². The monoisotopic (exact) mass is 296 g/mol. The molecule has 1 saturated heterocycles. The van der Waals surface area contributed by atoms with Crippen LogP contribution in [-0.2, 0) is 9.53 Å². The van der Waals surface area contributed by atoms with Crippen molar-refractivity contribution in [2.45, 2.75) is 44.8 Å². The predicted molar refractivity (Wildman–Crippen MR) is 69.4 cm³/mol. The number of hydrogen-bond donors (Lipinski definition) is 1. The molecule has 1 aliphatic rings. The summed E-state index contributed by atoms with van der Waals surface area (Å²) in [6.45, 7) is 4.83. The molecule has 0 radical (unpaired) electrons. The predicted octanol–water partition coefficient (Wildman–Crippen LogP) is 1.95. The van der Waals surface area contributed by atoms with Crippen LogP contribution < -0.4 is 5.32 Å². The zero-order chi connectivity index (χ0) is 15.2. The summed E-state index contributed by atoms with van der Waals surface area (Å²) in [6, 6.07) is 0. The maximum Gasteiger partial charge on any atom is 0.401 e. The van der Waals surface area contributed by atoms with Crippen LogP contribution in [0.1, 0.15) is 33.1 Å². The summed E-state index contributed by atoms with van der Waals surface area (Å²) in [5.74, 6) is -0.569. The number of halogens is 3. The van der Waals surface area contributed by atoms with Crippen LogP contribution in [0.5, 0.6) is 0 Å². The fraction of sp³-hybridized carbons (Fsp3) is 0.923. The molecule has 1 rings (SSSR count). The van der Waals surface area contributed by atoms with Crippen molar-refractivity contribution in [3.05, 3.63) is 0 Å². The fourth-order valence-electron chi connectivity index (χ4n) is 2.47. The molecular formula is C13H23F3N2O2. The van der Waals surface area contributed by atoms with E-state index >= 15 is 0 Å². The third-order valence-electron chi connectivity index (χ3n) is 3.54. The summed E-state index contributed by atoms with van der Waals surface area (Å²) in [7, 11) is 0. The molecule has 1 heterocycles. The number of nitrogens with one attached hydrogen (secondary N) is 1. The number of ether oxygens (including phenoxy) is 1. The van der Waals surface area contributed by atoms with E-state index in [1.807, 2.05) is 0 Å². The first-order valence-corrected chi connectivity index (χ1v) is 7.04. The van der Waals surface area contributed by atoms with Crippen LogP contribution >= 0.6 is 0 Å². The Morgan fingerprint density at radius 2 is 1.90 bits per heavy atom. The van der Waals surface area contributed by atoms with Gasteiger partial charge in [-0.1, -0.05) is 6.92 Å². The van der Waals surface area contributed by atoms with Gasteiger partial charge in [-0.3, -0.25) is 10.1 Å². The second-order valence-electron chi connectivity index (χ2n) is 5.11. The highest BCUT2D eigenvalue weighted by Crippen LogP contribution is 2.26. The zero-order valence-corrected chi connectivity index (χ0v) is 12.1. The number of esters is 1. The lowest BCUT2D eigenvalue weighted by Crippen LogP contribution is -2.60. The van der Waals surface area contributed by atoms with Crippen molar-refractivity contribution >= 4 is 5.97 Å². The van der Waals surface area contributed by atoms with Crippen LogP contribution in [0.3, 0.4) is 0 Å². The maximum atomic E-state index is 12.4. The van der Waals surface area contributed by atoms with Gasteiger partial charge in [0, 0.05) is 13.1 Å². The highest BCUT2D eigenvalue weighted by molar-refractivity contribution is 5.81. The number of carbonyl (C=O) groups is 1. The Balaban J connectivity index is 2.69. The molecule has 0 aromatic heterocycles. The van der Waals surface area contributed by atoms with Gasteiger partial charge in [0.1, 0.15) is 5.54 Å². The van der Waals surface area contributed by atoms with Crippen molar-refractivity contribution in [1.82, 2.24) is 10.2 Å². The van der Waals surface area contributed by atoms with Gasteiger partial charge in [0.15, 0.2) is 0 Å². The number of rotatable bonds is 6. The fourth-order valence-corrected chi connectivity index (χ4v) is 2.47. The summed E-state index contributed by atoms with van der Waals surface area (Å²) in [5.41, 5.74) is -1.20. The Hall–Kier alpha value is -0.820. The van der Waals surface area contributed by atoms with Crippen LogP contribution in [-0.4, -0.2) is 55.4 Å². The molecule has 0 unspecified atom stereocenters. The zero-order valence-electron chi connectivity index (χ0n) is 12.1. The molecule has 4 nitrogen and oxygen atoms in total. The molecule has 0 atom stereocenters. The van der Waals surface area contributed by atoms with Gasteiger partial charge in [0.2, 0.25) is 0 Å². The van der Waals surface area contributed by atoms with E-state index in [2.05, 4.69) is 17.1 Å². The van der Waals surface area contributed by atoms with E-state index in [9.17, 15) is 18.0 Å². The van der Waals surface area contributed by atoms with Crippen LogP contribution in [0.15, 0.2) is 0 Å². The topological polar surface area (TPSA) is 41.6 Å². The number of alkyl halides is 3. The van der Waals surface area contributed by atoms with Crippen molar-refractivity contribution in [3.63, 3.8) is 0 Å². The van der Waals surface area contributed by atoms with Gasteiger partial charge in [-0.2, -0.15) is 13.2 Å². The standard InChI is InChI=1S/C13H23F3N2O2/c1-3-7-18-8-5-12(6-9-18,11(19)20-4-2)17-10-13(14,15)16/h17H,3-10H2,1-2H3. The number of nitrogens with zero attached hydrogens (tertiary/aromatic N) is 1. The second kappa shape index (κ2) is 7.26. The Bertz CT molecular complexity index is 313. The van der Waals surface area contributed by atoms with Crippen molar-refractivity contribution in [2.75, 3.05) is 32.8 Å². The molecule has 0 aromatic carbocycles. The van der Waals surface area contributed by atoms with E-state index < -0.39 is 24.2 Å². The summed E-state index contributed by atoms with van der Waals surface area (Å²) < 4.78 is 42.2.